The van der Waals surface area contributed by atoms with E-state index >= 15 is 0 Å². The Morgan fingerprint density at radius 2 is 1.87 bits per heavy atom. The third kappa shape index (κ3) is 7.41. The molecule has 2 N–H and O–H groups in total. The number of hydrogen-bond donors (Lipinski definition) is 2. The largest absolute Gasteiger partial charge is 0.490 e. The maximum atomic E-state index is 12.6. The van der Waals surface area contributed by atoms with Crippen LogP contribution in [0.4, 0.5) is 13.2 Å². The van der Waals surface area contributed by atoms with E-state index in [0.29, 0.717) is 24.6 Å². The summed E-state index contributed by atoms with van der Waals surface area (Å²) in [5.41, 5.74) is 1.63. The molecule has 1 aromatic heterocycles. The number of carbonyl (C=O) groups excluding carboxylic acids is 2. The fourth-order valence-electron chi connectivity index (χ4n) is 3.02. The summed E-state index contributed by atoms with van der Waals surface area (Å²) >= 11 is 0. The summed E-state index contributed by atoms with van der Waals surface area (Å²) in [7, 11) is 0. The molecule has 0 spiro atoms. The van der Waals surface area contributed by atoms with E-state index in [-0.39, 0.29) is 23.8 Å². The smallest absolute Gasteiger partial charge is 0.475 e. The number of carbonyl (C=O) groups is 3. The van der Waals surface area contributed by atoms with Crippen LogP contribution in [0.15, 0.2) is 18.9 Å². The molecule has 31 heavy (non-hydrogen) atoms. The molecule has 1 saturated heterocycles. The second-order valence-electron chi connectivity index (χ2n) is 7.71. The summed E-state index contributed by atoms with van der Waals surface area (Å²) in [6.45, 7) is 13.9. The number of nitrogens with zero attached hydrogens (tertiary/aromatic N) is 3. The molecule has 2 rings (SSSR count). The zero-order valence-corrected chi connectivity index (χ0v) is 18.1. The van der Waals surface area contributed by atoms with Gasteiger partial charge in [-0.1, -0.05) is 27.4 Å². The third-order valence-corrected chi connectivity index (χ3v) is 4.77. The summed E-state index contributed by atoms with van der Waals surface area (Å²) in [4.78, 5) is 34.7. The van der Waals surface area contributed by atoms with Gasteiger partial charge in [0, 0.05) is 31.6 Å². The molecule has 1 atom stereocenters. The second-order valence-corrected chi connectivity index (χ2v) is 7.71. The Balaban J connectivity index is 0.000000592. The van der Waals surface area contributed by atoms with Crippen LogP contribution < -0.4 is 5.32 Å². The minimum Gasteiger partial charge on any atom is -0.475 e. The van der Waals surface area contributed by atoms with Gasteiger partial charge in [-0.2, -0.15) is 18.3 Å². The van der Waals surface area contributed by atoms with Crippen molar-refractivity contribution in [3.8, 4) is 0 Å². The van der Waals surface area contributed by atoms with Crippen molar-refractivity contribution in [2.45, 2.75) is 52.9 Å². The Hall–Kier alpha value is -2.85. The maximum Gasteiger partial charge on any atom is 0.490 e. The molecule has 1 aromatic rings. The van der Waals surface area contributed by atoms with E-state index in [9.17, 15) is 22.8 Å². The van der Waals surface area contributed by atoms with Crippen molar-refractivity contribution >= 4 is 17.8 Å². The lowest BCUT2D eigenvalue weighted by molar-refractivity contribution is -0.192. The van der Waals surface area contributed by atoms with Crippen molar-refractivity contribution < 1.29 is 32.7 Å². The van der Waals surface area contributed by atoms with Gasteiger partial charge in [-0.25, -0.2) is 4.79 Å². The fourth-order valence-corrected chi connectivity index (χ4v) is 3.02. The zero-order chi connectivity index (χ0) is 23.9. The summed E-state index contributed by atoms with van der Waals surface area (Å²) < 4.78 is 33.7. The molecular formula is C20H29F3N4O4. The quantitative estimate of drug-likeness (QED) is 0.627. The Bertz CT molecular complexity index is 799. The van der Waals surface area contributed by atoms with Crippen molar-refractivity contribution in [2.75, 3.05) is 13.1 Å². The molecule has 0 aromatic carbocycles. The van der Waals surface area contributed by atoms with E-state index in [4.69, 9.17) is 9.90 Å². The molecule has 11 heteroatoms. The van der Waals surface area contributed by atoms with Crippen LogP contribution in [0, 0.1) is 11.8 Å². The predicted octanol–water partition coefficient (Wildman–Crippen LogP) is 2.50. The molecule has 174 valence electrons. The van der Waals surface area contributed by atoms with Gasteiger partial charge in [0.15, 0.2) is 0 Å². The first kappa shape index (κ1) is 26.2. The molecule has 1 fully saturated rings. The molecule has 8 nitrogen and oxygen atoms in total. The van der Waals surface area contributed by atoms with Crippen molar-refractivity contribution in [1.29, 1.82) is 0 Å². The van der Waals surface area contributed by atoms with E-state index in [0.717, 1.165) is 18.7 Å². The molecule has 1 aliphatic rings. The Kier molecular flexibility index (Phi) is 9.26. The lowest BCUT2D eigenvalue weighted by Gasteiger charge is -2.42. The Morgan fingerprint density at radius 1 is 1.32 bits per heavy atom. The molecule has 1 unspecified atom stereocenters. The van der Waals surface area contributed by atoms with Crippen molar-refractivity contribution in [2.24, 2.45) is 11.8 Å². The van der Waals surface area contributed by atoms with Crippen LogP contribution in [-0.2, 0) is 22.6 Å². The molecular weight excluding hydrogens is 417 g/mol. The highest BCUT2D eigenvalue weighted by atomic mass is 19.4. The van der Waals surface area contributed by atoms with Gasteiger partial charge in [-0.05, 0) is 25.3 Å². The van der Waals surface area contributed by atoms with E-state index in [2.05, 4.69) is 30.8 Å². The number of carboxylic acids is 1. The molecule has 0 aliphatic carbocycles. The highest BCUT2D eigenvalue weighted by Crippen LogP contribution is 2.20. The number of rotatable bonds is 7. The van der Waals surface area contributed by atoms with Gasteiger partial charge in [0.2, 0.25) is 5.91 Å². The van der Waals surface area contributed by atoms with Crippen LogP contribution >= 0.6 is 0 Å². The number of aliphatic carboxylic acids is 1. The minimum absolute atomic E-state index is 0.0181. The lowest BCUT2D eigenvalue weighted by Crippen LogP contribution is -2.57. The van der Waals surface area contributed by atoms with Crippen molar-refractivity contribution in [3.63, 3.8) is 0 Å². The highest BCUT2D eigenvalue weighted by molar-refractivity contribution is 5.95. The standard InChI is InChI=1S/C18H28N4O2.C2HF3O2/c1-6-16-15(8-19-22(16)9-12(3)4)18(24)20-13(5)14-10-21(11-14)17(23)7-2;3-2(4,5)1(6)7/h7-8,12-14H,2,6,9-11H2,1,3-5H3,(H,20,24);(H,6,7). The number of likely N-dealkylation sites (tertiary alicyclic amines) is 1. The average molecular weight is 446 g/mol. The van der Waals surface area contributed by atoms with E-state index < -0.39 is 12.1 Å². The molecule has 1 aliphatic heterocycles. The van der Waals surface area contributed by atoms with Crippen LogP contribution in [0.25, 0.3) is 0 Å². The van der Waals surface area contributed by atoms with Crippen LogP contribution in [-0.4, -0.2) is 62.9 Å². The van der Waals surface area contributed by atoms with Crippen LogP contribution in [0.1, 0.15) is 43.7 Å². The van der Waals surface area contributed by atoms with Crippen molar-refractivity contribution in [1.82, 2.24) is 20.0 Å². The SMILES string of the molecule is C=CC(=O)N1CC(C(C)NC(=O)c2cnn(CC(C)C)c2CC)C1.O=C(O)C(F)(F)F. The van der Waals surface area contributed by atoms with E-state index in [1.165, 1.54) is 6.08 Å². The zero-order valence-electron chi connectivity index (χ0n) is 18.1. The van der Waals surface area contributed by atoms with Crippen LogP contribution in [0.5, 0.6) is 0 Å². The van der Waals surface area contributed by atoms with Gasteiger partial charge in [-0.15, -0.1) is 0 Å². The number of alkyl halides is 3. The van der Waals surface area contributed by atoms with Gasteiger partial charge >= 0.3 is 12.1 Å². The van der Waals surface area contributed by atoms with Gasteiger partial charge < -0.3 is 15.3 Å². The topological polar surface area (TPSA) is 105 Å². The van der Waals surface area contributed by atoms with Gasteiger partial charge in [-0.3, -0.25) is 14.3 Å². The number of amides is 2. The second kappa shape index (κ2) is 11.0. The normalized spacial score (nSPS) is 14.9. The van der Waals surface area contributed by atoms with Gasteiger partial charge in [0.05, 0.1) is 17.5 Å². The first-order valence-corrected chi connectivity index (χ1v) is 9.88. The highest BCUT2D eigenvalue weighted by Gasteiger charge is 2.38. The van der Waals surface area contributed by atoms with E-state index in [1.54, 1.807) is 11.1 Å². The summed E-state index contributed by atoms with van der Waals surface area (Å²) in [6.07, 6.45) is -1.32. The van der Waals surface area contributed by atoms with Crippen LogP contribution in [0.3, 0.4) is 0 Å². The number of halogens is 3. The number of carboxylic acid groups (broad SMARTS) is 1. The monoisotopic (exact) mass is 446 g/mol. The first-order valence-electron chi connectivity index (χ1n) is 9.88. The molecule has 2 amide bonds. The van der Waals surface area contributed by atoms with Crippen LogP contribution in [0.2, 0.25) is 0 Å². The molecule has 0 saturated carbocycles. The molecule has 0 radical (unpaired) electrons. The Morgan fingerprint density at radius 3 is 2.29 bits per heavy atom. The minimum atomic E-state index is -5.08. The summed E-state index contributed by atoms with van der Waals surface area (Å²) in [6, 6.07) is 0.0181. The molecule has 2 heterocycles. The number of aromatic nitrogens is 2. The summed E-state index contributed by atoms with van der Waals surface area (Å²) in [5, 5.41) is 14.6. The fraction of sp³-hybridized carbons (Fsp3) is 0.600. The average Bonchev–Trinajstić information content (AvgIpc) is 3.01. The van der Waals surface area contributed by atoms with Gasteiger partial charge in [0.1, 0.15) is 0 Å². The number of nitrogens with one attached hydrogen (secondary N) is 1. The Labute approximate surface area is 179 Å². The summed E-state index contributed by atoms with van der Waals surface area (Å²) in [5.74, 6) is -2.12. The van der Waals surface area contributed by atoms with Gasteiger partial charge in [0.25, 0.3) is 5.91 Å². The number of hydrogen-bond acceptors (Lipinski definition) is 4. The first-order chi connectivity index (χ1) is 14.3. The maximum absolute atomic E-state index is 12.6. The molecule has 0 bridgehead atoms. The van der Waals surface area contributed by atoms with E-state index in [1.807, 2.05) is 18.5 Å². The lowest BCUT2D eigenvalue weighted by atomic mass is 9.92. The third-order valence-electron chi connectivity index (χ3n) is 4.77. The van der Waals surface area contributed by atoms with Crippen molar-refractivity contribution in [3.05, 3.63) is 30.1 Å². The predicted molar refractivity (Wildman–Crippen MR) is 107 cm³/mol.